The number of anilines is 1. The van der Waals surface area contributed by atoms with E-state index in [9.17, 15) is 4.79 Å². The van der Waals surface area contributed by atoms with Gasteiger partial charge in [0.05, 0.1) is 6.10 Å². The average Bonchev–Trinajstić information content (AvgIpc) is 2.36. The monoisotopic (exact) mass is 265 g/mol. The first kappa shape index (κ1) is 15.4. The van der Waals surface area contributed by atoms with E-state index in [1.807, 2.05) is 27.7 Å². The van der Waals surface area contributed by atoms with Crippen molar-refractivity contribution in [3.8, 4) is 0 Å². The molecule has 0 radical (unpaired) electrons. The number of carbonyl (C=O) groups is 1. The van der Waals surface area contributed by atoms with Gasteiger partial charge in [0, 0.05) is 31.0 Å². The van der Waals surface area contributed by atoms with E-state index in [-0.39, 0.29) is 12.0 Å². The molecule has 0 saturated heterocycles. The Balaban J connectivity index is 2.65. The summed E-state index contributed by atoms with van der Waals surface area (Å²) in [7, 11) is 0. The van der Waals surface area contributed by atoms with E-state index < -0.39 is 0 Å². The van der Waals surface area contributed by atoms with Gasteiger partial charge in [-0.3, -0.25) is 4.79 Å². The second-order valence-electron chi connectivity index (χ2n) is 4.39. The van der Waals surface area contributed by atoms with E-state index in [0.29, 0.717) is 18.7 Å². The Kier molecular flexibility index (Phi) is 6.29. The molecule has 1 atom stereocenters. The van der Waals surface area contributed by atoms with Gasteiger partial charge < -0.3 is 15.4 Å². The molecule has 5 heteroatoms. The molecule has 0 fully saturated rings. The summed E-state index contributed by atoms with van der Waals surface area (Å²) in [6.07, 6.45) is 0.0186. The molecule has 1 aromatic heterocycles. The lowest BCUT2D eigenvalue weighted by atomic mass is 10.2. The fraction of sp³-hybridized carbons (Fsp3) is 0.571. The molecule has 1 unspecified atom stereocenters. The zero-order chi connectivity index (χ0) is 14.3. The number of nitrogens with zero attached hydrogens (tertiary/aromatic N) is 1. The van der Waals surface area contributed by atoms with Gasteiger partial charge in [-0.1, -0.05) is 0 Å². The summed E-state index contributed by atoms with van der Waals surface area (Å²) in [6.45, 7) is 9.67. The lowest BCUT2D eigenvalue weighted by Crippen LogP contribution is -2.32. The van der Waals surface area contributed by atoms with Crippen LogP contribution in [0.5, 0.6) is 0 Å². The number of hydrogen-bond donors (Lipinski definition) is 2. The summed E-state index contributed by atoms with van der Waals surface area (Å²) >= 11 is 0. The van der Waals surface area contributed by atoms with Crippen LogP contribution in [0.25, 0.3) is 0 Å². The normalized spacial score (nSPS) is 12.0. The minimum atomic E-state index is -0.101. The van der Waals surface area contributed by atoms with Crippen molar-refractivity contribution in [2.45, 2.75) is 33.8 Å². The molecule has 0 spiro atoms. The van der Waals surface area contributed by atoms with Gasteiger partial charge in [-0.15, -0.1) is 0 Å². The van der Waals surface area contributed by atoms with Crippen LogP contribution in [-0.2, 0) is 4.74 Å². The van der Waals surface area contributed by atoms with Crippen molar-refractivity contribution in [1.82, 2.24) is 10.3 Å². The molecule has 1 amide bonds. The lowest BCUT2D eigenvalue weighted by Gasteiger charge is -2.13. The van der Waals surface area contributed by atoms with E-state index in [4.69, 9.17) is 4.74 Å². The van der Waals surface area contributed by atoms with Crippen LogP contribution in [0, 0.1) is 6.92 Å². The van der Waals surface area contributed by atoms with Crippen molar-refractivity contribution in [3.05, 3.63) is 23.4 Å². The second kappa shape index (κ2) is 7.74. The summed E-state index contributed by atoms with van der Waals surface area (Å²) in [5.41, 5.74) is 1.44. The number of pyridine rings is 1. The second-order valence-corrected chi connectivity index (χ2v) is 4.39. The Hall–Kier alpha value is -1.62. The molecule has 1 aromatic rings. The van der Waals surface area contributed by atoms with Crippen LogP contribution in [0.4, 0.5) is 5.82 Å². The maximum atomic E-state index is 12.0. The van der Waals surface area contributed by atoms with Crippen molar-refractivity contribution in [3.63, 3.8) is 0 Å². The lowest BCUT2D eigenvalue weighted by molar-refractivity contribution is 0.0695. The predicted octanol–water partition coefficient (Wildman–Crippen LogP) is 1.98. The topological polar surface area (TPSA) is 63.2 Å². The SMILES string of the molecule is CCNc1cc(C(=O)NCC(C)OCC)cc(C)n1. The highest BCUT2D eigenvalue weighted by Gasteiger charge is 2.10. The summed E-state index contributed by atoms with van der Waals surface area (Å²) in [4.78, 5) is 16.4. The maximum Gasteiger partial charge on any atom is 0.251 e. The minimum Gasteiger partial charge on any atom is -0.377 e. The first-order chi connectivity index (χ1) is 9.06. The third-order valence-electron chi connectivity index (χ3n) is 2.57. The summed E-state index contributed by atoms with van der Waals surface area (Å²) in [6, 6.07) is 3.54. The van der Waals surface area contributed by atoms with E-state index in [1.165, 1.54) is 0 Å². The van der Waals surface area contributed by atoms with Gasteiger partial charge in [-0.25, -0.2) is 4.98 Å². The molecule has 106 valence electrons. The first-order valence-electron chi connectivity index (χ1n) is 6.69. The van der Waals surface area contributed by atoms with Crippen molar-refractivity contribution < 1.29 is 9.53 Å². The molecule has 0 aliphatic rings. The number of nitrogens with one attached hydrogen (secondary N) is 2. The molecule has 0 bridgehead atoms. The van der Waals surface area contributed by atoms with Gasteiger partial charge >= 0.3 is 0 Å². The molecule has 0 aromatic carbocycles. The van der Waals surface area contributed by atoms with Crippen LogP contribution in [-0.4, -0.2) is 36.7 Å². The standard InChI is InChI=1S/C14H23N3O2/c1-5-15-13-8-12(7-10(3)17-13)14(18)16-9-11(4)19-6-2/h7-8,11H,5-6,9H2,1-4H3,(H,15,17)(H,16,18). The van der Waals surface area contributed by atoms with Crippen LogP contribution >= 0.6 is 0 Å². The zero-order valence-electron chi connectivity index (χ0n) is 12.1. The van der Waals surface area contributed by atoms with E-state index >= 15 is 0 Å². The number of amides is 1. The van der Waals surface area contributed by atoms with Crippen LogP contribution in [0.1, 0.15) is 36.8 Å². The van der Waals surface area contributed by atoms with Crippen molar-refractivity contribution >= 4 is 11.7 Å². The van der Waals surface area contributed by atoms with Gasteiger partial charge in [0.25, 0.3) is 5.91 Å². The Morgan fingerprint density at radius 2 is 2.16 bits per heavy atom. The van der Waals surface area contributed by atoms with Crippen LogP contribution < -0.4 is 10.6 Å². The molecule has 2 N–H and O–H groups in total. The fourth-order valence-corrected chi connectivity index (χ4v) is 1.75. The third kappa shape index (κ3) is 5.26. The molecular weight excluding hydrogens is 242 g/mol. The van der Waals surface area contributed by atoms with Gasteiger partial charge in [0.1, 0.15) is 5.82 Å². The number of hydrogen-bond acceptors (Lipinski definition) is 4. The Morgan fingerprint density at radius 3 is 2.79 bits per heavy atom. The van der Waals surface area contributed by atoms with E-state index in [1.54, 1.807) is 12.1 Å². The maximum absolute atomic E-state index is 12.0. The van der Waals surface area contributed by atoms with Gasteiger partial charge in [0.15, 0.2) is 0 Å². The summed E-state index contributed by atoms with van der Waals surface area (Å²) < 4.78 is 5.37. The van der Waals surface area contributed by atoms with E-state index in [2.05, 4.69) is 15.6 Å². The summed E-state index contributed by atoms with van der Waals surface area (Å²) in [5, 5.41) is 5.97. The third-order valence-corrected chi connectivity index (χ3v) is 2.57. The highest BCUT2D eigenvalue weighted by Crippen LogP contribution is 2.10. The Morgan fingerprint density at radius 1 is 1.42 bits per heavy atom. The zero-order valence-corrected chi connectivity index (χ0v) is 12.1. The fourth-order valence-electron chi connectivity index (χ4n) is 1.75. The number of rotatable bonds is 7. The average molecular weight is 265 g/mol. The highest BCUT2D eigenvalue weighted by molar-refractivity contribution is 5.95. The largest absolute Gasteiger partial charge is 0.377 e. The Labute approximate surface area is 114 Å². The predicted molar refractivity (Wildman–Crippen MR) is 76.6 cm³/mol. The van der Waals surface area contributed by atoms with Crippen molar-refractivity contribution in [2.24, 2.45) is 0 Å². The van der Waals surface area contributed by atoms with Crippen LogP contribution in [0.3, 0.4) is 0 Å². The molecule has 0 saturated carbocycles. The van der Waals surface area contributed by atoms with Crippen LogP contribution in [0.2, 0.25) is 0 Å². The van der Waals surface area contributed by atoms with Crippen molar-refractivity contribution in [1.29, 1.82) is 0 Å². The van der Waals surface area contributed by atoms with Gasteiger partial charge in [-0.05, 0) is 39.8 Å². The first-order valence-corrected chi connectivity index (χ1v) is 6.69. The van der Waals surface area contributed by atoms with Crippen LogP contribution in [0.15, 0.2) is 12.1 Å². The van der Waals surface area contributed by atoms with Gasteiger partial charge in [-0.2, -0.15) is 0 Å². The quantitative estimate of drug-likeness (QED) is 0.791. The molecule has 5 nitrogen and oxygen atoms in total. The number of aromatic nitrogens is 1. The number of aryl methyl sites for hydroxylation is 1. The van der Waals surface area contributed by atoms with Crippen molar-refractivity contribution in [2.75, 3.05) is 25.0 Å². The number of ether oxygens (including phenoxy) is 1. The highest BCUT2D eigenvalue weighted by atomic mass is 16.5. The molecule has 1 heterocycles. The molecule has 1 rings (SSSR count). The van der Waals surface area contributed by atoms with Gasteiger partial charge in [0.2, 0.25) is 0 Å². The molecular formula is C14H23N3O2. The molecule has 0 aliphatic carbocycles. The smallest absolute Gasteiger partial charge is 0.251 e. The summed E-state index contributed by atoms with van der Waals surface area (Å²) in [5.74, 6) is 0.627. The number of carbonyl (C=O) groups excluding carboxylic acids is 1. The Bertz CT molecular complexity index is 421. The minimum absolute atomic E-state index is 0.0186. The molecule has 0 aliphatic heterocycles. The van der Waals surface area contributed by atoms with E-state index in [0.717, 1.165) is 18.1 Å². The molecule has 19 heavy (non-hydrogen) atoms.